The number of carbonyl (C=O) groups is 2. The molecule has 3 aromatic carbocycles. The molecule has 32 heavy (non-hydrogen) atoms. The van der Waals surface area contributed by atoms with Crippen LogP contribution in [0.15, 0.2) is 82.6 Å². The van der Waals surface area contributed by atoms with Crippen LogP contribution < -0.4 is 19.1 Å². The zero-order chi connectivity index (χ0) is 22.7. The first-order valence-electron chi connectivity index (χ1n) is 9.79. The summed E-state index contributed by atoms with van der Waals surface area (Å²) in [6.45, 7) is 0. The number of benzene rings is 3. The Morgan fingerprint density at radius 2 is 1.38 bits per heavy atom. The molecular formula is C25H21NO5S. The van der Waals surface area contributed by atoms with Crippen LogP contribution in [-0.2, 0) is 9.59 Å². The Kier molecular flexibility index (Phi) is 6.18. The van der Waals surface area contributed by atoms with Crippen LogP contribution in [-0.4, -0.2) is 33.1 Å². The van der Waals surface area contributed by atoms with Gasteiger partial charge in [-0.25, -0.2) is 4.90 Å². The van der Waals surface area contributed by atoms with Gasteiger partial charge in [-0.1, -0.05) is 42.1 Å². The number of hydrogen-bond acceptors (Lipinski definition) is 6. The summed E-state index contributed by atoms with van der Waals surface area (Å²) in [6, 6.07) is 21.5. The van der Waals surface area contributed by atoms with Crippen LogP contribution in [0.25, 0.3) is 5.57 Å². The van der Waals surface area contributed by atoms with Crippen LogP contribution in [0, 0.1) is 0 Å². The lowest BCUT2D eigenvalue weighted by Gasteiger charge is -2.19. The number of nitrogens with zero attached hydrogens (tertiary/aromatic N) is 1. The van der Waals surface area contributed by atoms with Crippen LogP contribution in [0.5, 0.6) is 17.2 Å². The van der Waals surface area contributed by atoms with Gasteiger partial charge in [0.05, 0.1) is 37.5 Å². The number of amides is 2. The van der Waals surface area contributed by atoms with Crippen LogP contribution in [0.3, 0.4) is 0 Å². The van der Waals surface area contributed by atoms with Gasteiger partial charge in [0.2, 0.25) is 0 Å². The second kappa shape index (κ2) is 9.20. The van der Waals surface area contributed by atoms with Crippen molar-refractivity contribution in [2.75, 3.05) is 26.2 Å². The number of hydrogen-bond donors (Lipinski definition) is 0. The molecule has 6 nitrogen and oxygen atoms in total. The molecule has 0 fully saturated rings. The predicted octanol–water partition coefficient (Wildman–Crippen LogP) is 4.79. The standard InChI is InChI=1S/C25H21NO5S/c1-29-17-11-9-16(10-12-17)22-23(32-19-7-5-4-6-8-19)25(28)26(24(22)27)20-14-13-18(30-2)15-21(20)31-3/h4-15H,1-3H3. The number of imide groups is 1. The fourth-order valence-electron chi connectivity index (χ4n) is 3.41. The van der Waals surface area contributed by atoms with Crippen LogP contribution in [0.4, 0.5) is 5.69 Å². The largest absolute Gasteiger partial charge is 0.497 e. The van der Waals surface area contributed by atoms with E-state index in [0.29, 0.717) is 39.0 Å². The fourth-order valence-corrected chi connectivity index (χ4v) is 4.43. The summed E-state index contributed by atoms with van der Waals surface area (Å²) in [4.78, 5) is 29.5. The Morgan fingerprint density at radius 1 is 0.719 bits per heavy atom. The lowest BCUT2D eigenvalue weighted by molar-refractivity contribution is -0.119. The lowest BCUT2D eigenvalue weighted by Crippen LogP contribution is -2.31. The number of methoxy groups -OCH3 is 3. The van der Waals surface area contributed by atoms with Gasteiger partial charge in [0, 0.05) is 11.0 Å². The second-order valence-electron chi connectivity index (χ2n) is 6.83. The van der Waals surface area contributed by atoms with Crippen molar-refractivity contribution in [3.05, 3.63) is 83.3 Å². The van der Waals surface area contributed by atoms with Crippen molar-refractivity contribution in [2.45, 2.75) is 4.90 Å². The molecule has 3 aromatic rings. The van der Waals surface area contributed by atoms with Crippen molar-refractivity contribution in [3.63, 3.8) is 0 Å². The third-order valence-electron chi connectivity index (χ3n) is 5.01. The Morgan fingerprint density at radius 3 is 2.00 bits per heavy atom. The highest BCUT2D eigenvalue weighted by atomic mass is 32.2. The molecule has 162 valence electrons. The monoisotopic (exact) mass is 447 g/mol. The highest BCUT2D eigenvalue weighted by Gasteiger charge is 2.41. The molecule has 0 N–H and O–H groups in total. The Balaban J connectivity index is 1.82. The smallest absolute Gasteiger partial charge is 0.273 e. The van der Waals surface area contributed by atoms with Crippen molar-refractivity contribution in [2.24, 2.45) is 0 Å². The fraction of sp³-hybridized carbons (Fsp3) is 0.120. The minimum atomic E-state index is -0.415. The topological polar surface area (TPSA) is 65.1 Å². The maximum atomic E-state index is 13.6. The van der Waals surface area contributed by atoms with E-state index in [-0.39, 0.29) is 0 Å². The van der Waals surface area contributed by atoms with Gasteiger partial charge in [0.1, 0.15) is 17.2 Å². The Labute approximate surface area is 190 Å². The number of ether oxygens (including phenoxy) is 3. The van der Waals surface area contributed by atoms with Gasteiger partial charge in [-0.3, -0.25) is 9.59 Å². The van der Waals surface area contributed by atoms with Crippen molar-refractivity contribution < 1.29 is 23.8 Å². The van der Waals surface area contributed by atoms with Gasteiger partial charge in [0.15, 0.2) is 0 Å². The Bertz CT molecular complexity index is 1190. The molecule has 7 heteroatoms. The van der Waals surface area contributed by atoms with Gasteiger partial charge in [-0.15, -0.1) is 0 Å². The maximum Gasteiger partial charge on any atom is 0.273 e. The van der Waals surface area contributed by atoms with Gasteiger partial charge in [-0.2, -0.15) is 0 Å². The van der Waals surface area contributed by atoms with Crippen LogP contribution in [0.2, 0.25) is 0 Å². The van der Waals surface area contributed by atoms with E-state index in [0.717, 1.165) is 9.80 Å². The van der Waals surface area contributed by atoms with Gasteiger partial charge in [0.25, 0.3) is 11.8 Å². The number of carbonyl (C=O) groups excluding carboxylic acids is 2. The minimum Gasteiger partial charge on any atom is -0.497 e. The van der Waals surface area contributed by atoms with E-state index in [9.17, 15) is 9.59 Å². The molecule has 2 amide bonds. The maximum absolute atomic E-state index is 13.6. The summed E-state index contributed by atoms with van der Waals surface area (Å²) in [5, 5.41) is 0. The molecule has 0 aliphatic carbocycles. The lowest BCUT2D eigenvalue weighted by atomic mass is 10.1. The first-order chi connectivity index (χ1) is 15.6. The van der Waals surface area contributed by atoms with E-state index in [1.165, 1.54) is 18.9 Å². The molecule has 0 saturated heterocycles. The molecular weight excluding hydrogens is 426 g/mol. The van der Waals surface area contributed by atoms with Crippen LogP contribution in [0.1, 0.15) is 5.56 Å². The van der Waals surface area contributed by atoms with Gasteiger partial charge in [-0.05, 0) is 42.0 Å². The summed E-state index contributed by atoms with van der Waals surface area (Å²) in [7, 11) is 4.60. The molecule has 4 rings (SSSR count). The quantitative estimate of drug-likeness (QED) is 0.485. The average molecular weight is 448 g/mol. The van der Waals surface area contributed by atoms with Crippen molar-refractivity contribution in [1.82, 2.24) is 0 Å². The summed E-state index contributed by atoms with van der Waals surface area (Å²) >= 11 is 1.27. The van der Waals surface area contributed by atoms with E-state index in [4.69, 9.17) is 14.2 Å². The summed E-state index contributed by atoms with van der Waals surface area (Å²) in [5.41, 5.74) is 1.33. The molecule has 1 aliphatic rings. The minimum absolute atomic E-state index is 0.337. The number of anilines is 1. The van der Waals surface area contributed by atoms with E-state index in [2.05, 4.69) is 0 Å². The zero-order valence-corrected chi connectivity index (χ0v) is 18.6. The molecule has 0 bridgehead atoms. The first kappa shape index (κ1) is 21.5. The molecule has 0 aromatic heterocycles. The molecule has 0 unspecified atom stereocenters. The third kappa shape index (κ3) is 3.94. The van der Waals surface area contributed by atoms with E-state index in [1.54, 1.807) is 56.7 Å². The third-order valence-corrected chi connectivity index (χ3v) is 6.10. The first-order valence-corrected chi connectivity index (χ1v) is 10.6. The van der Waals surface area contributed by atoms with E-state index < -0.39 is 11.8 Å². The van der Waals surface area contributed by atoms with E-state index >= 15 is 0 Å². The molecule has 1 heterocycles. The normalized spacial score (nSPS) is 13.5. The summed E-state index contributed by atoms with van der Waals surface area (Å²) in [5.74, 6) is 0.773. The van der Waals surface area contributed by atoms with Gasteiger partial charge < -0.3 is 14.2 Å². The highest BCUT2D eigenvalue weighted by molar-refractivity contribution is 8.04. The average Bonchev–Trinajstić information content (AvgIpc) is 3.08. The number of rotatable bonds is 7. The summed E-state index contributed by atoms with van der Waals surface area (Å²) < 4.78 is 15.9. The molecule has 0 radical (unpaired) electrons. The molecule has 0 saturated carbocycles. The SMILES string of the molecule is COc1ccc(C2=C(Sc3ccccc3)C(=O)N(c3ccc(OC)cc3OC)C2=O)cc1. The Hall–Kier alpha value is -3.71. The molecule has 0 spiro atoms. The molecule has 1 aliphatic heterocycles. The van der Waals surface area contributed by atoms with Crippen LogP contribution >= 0.6 is 11.8 Å². The van der Waals surface area contributed by atoms with E-state index in [1.807, 2.05) is 30.3 Å². The van der Waals surface area contributed by atoms with Crippen molar-refractivity contribution >= 4 is 34.8 Å². The van der Waals surface area contributed by atoms with Crippen molar-refractivity contribution in [1.29, 1.82) is 0 Å². The number of thioether (sulfide) groups is 1. The van der Waals surface area contributed by atoms with Crippen molar-refractivity contribution in [3.8, 4) is 17.2 Å². The predicted molar refractivity (Wildman–Crippen MR) is 124 cm³/mol. The second-order valence-corrected chi connectivity index (χ2v) is 7.92. The zero-order valence-electron chi connectivity index (χ0n) is 17.8. The molecule has 0 atom stereocenters. The van der Waals surface area contributed by atoms with Gasteiger partial charge >= 0.3 is 0 Å². The summed E-state index contributed by atoms with van der Waals surface area (Å²) in [6.07, 6.45) is 0. The highest BCUT2D eigenvalue weighted by Crippen LogP contribution is 2.44.